The Labute approximate surface area is 65.7 Å². The van der Waals surface area contributed by atoms with Crippen LogP contribution in [0.2, 0.25) is 0 Å². The van der Waals surface area contributed by atoms with Gasteiger partial charge in [-0.2, -0.15) is 5.26 Å². The van der Waals surface area contributed by atoms with Gasteiger partial charge in [0.1, 0.15) is 11.9 Å². The normalized spacial score (nSPS) is 8.73. The summed E-state index contributed by atoms with van der Waals surface area (Å²) in [5.41, 5.74) is 0.592. The highest BCUT2D eigenvalue weighted by Crippen LogP contribution is 2.08. The molecule has 1 aromatic rings. The van der Waals surface area contributed by atoms with Crippen molar-refractivity contribution in [2.75, 3.05) is 11.9 Å². The van der Waals surface area contributed by atoms with Crippen molar-refractivity contribution in [3.63, 3.8) is 0 Å². The van der Waals surface area contributed by atoms with E-state index in [1.807, 2.05) is 6.92 Å². The van der Waals surface area contributed by atoms with Gasteiger partial charge in [-0.25, -0.2) is 4.98 Å². The van der Waals surface area contributed by atoms with Crippen molar-refractivity contribution in [3.05, 3.63) is 23.9 Å². The van der Waals surface area contributed by atoms with E-state index in [2.05, 4.69) is 16.4 Å². The maximum absolute atomic E-state index is 8.62. The Kier molecular flexibility index (Phi) is 2.45. The first kappa shape index (κ1) is 7.55. The highest BCUT2D eigenvalue weighted by molar-refractivity contribution is 5.50. The van der Waals surface area contributed by atoms with E-state index in [1.54, 1.807) is 18.3 Å². The second kappa shape index (κ2) is 3.57. The number of nitrogens with one attached hydrogen (secondary N) is 1. The Morgan fingerprint density at radius 2 is 2.55 bits per heavy atom. The van der Waals surface area contributed by atoms with Crippen LogP contribution in [0, 0.1) is 11.3 Å². The Bertz CT molecular complexity index is 275. The van der Waals surface area contributed by atoms with Crippen LogP contribution in [0.1, 0.15) is 12.5 Å². The van der Waals surface area contributed by atoms with Crippen molar-refractivity contribution in [2.24, 2.45) is 0 Å². The summed E-state index contributed by atoms with van der Waals surface area (Å²) in [6.07, 6.45) is 1.67. The van der Waals surface area contributed by atoms with Gasteiger partial charge in [-0.3, -0.25) is 0 Å². The van der Waals surface area contributed by atoms with Crippen molar-refractivity contribution in [2.45, 2.75) is 6.92 Å². The van der Waals surface area contributed by atoms with E-state index in [0.29, 0.717) is 11.4 Å². The zero-order valence-corrected chi connectivity index (χ0v) is 6.33. The molecule has 0 aliphatic rings. The number of rotatable bonds is 2. The Morgan fingerprint density at radius 1 is 1.73 bits per heavy atom. The summed E-state index contributed by atoms with van der Waals surface area (Å²) >= 11 is 0. The van der Waals surface area contributed by atoms with Crippen molar-refractivity contribution in [1.82, 2.24) is 4.98 Å². The van der Waals surface area contributed by atoms with Gasteiger partial charge in [0, 0.05) is 12.7 Å². The molecule has 0 aliphatic heterocycles. The lowest BCUT2D eigenvalue weighted by atomic mass is 10.3. The van der Waals surface area contributed by atoms with Crippen LogP contribution in [0.4, 0.5) is 5.82 Å². The van der Waals surface area contributed by atoms with Crippen molar-refractivity contribution in [3.8, 4) is 6.07 Å². The van der Waals surface area contributed by atoms with E-state index in [-0.39, 0.29) is 0 Å². The summed E-state index contributed by atoms with van der Waals surface area (Å²) < 4.78 is 0. The maximum atomic E-state index is 8.62. The standard InChI is InChI=1S/C8H9N3/c1-2-10-8-7(6-9)4-3-5-11-8/h3-5H,2H2,1H3,(H,10,11). The van der Waals surface area contributed by atoms with Gasteiger partial charge in [0.2, 0.25) is 0 Å². The zero-order chi connectivity index (χ0) is 8.10. The third kappa shape index (κ3) is 1.68. The van der Waals surface area contributed by atoms with Gasteiger partial charge in [0.25, 0.3) is 0 Å². The minimum atomic E-state index is 0.592. The summed E-state index contributed by atoms with van der Waals surface area (Å²) in [6.45, 7) is 2.75. The molecule has 0 atom stereocenters. The van der Waals surface area contributed by atoms with Crippen LogP contribution in [-0.4, -0.2) is 11.5 Å². The monoisotopic (exact) mass is 147 g/mol. The van der Waals surface area contributed by atoms with Crippen LogP contribution >= 0.6 is 0 Å². The smallest absolute Gasteiger partial charge is 0.143 e. The molecular formula is C8H9N3. The molecule has 0 bridgehead atoms. The van der Waals surface area contributed by atoms with E-state index in [9.17, 15) is 0 Å². The van der Waals surface area contributed by atoms with Crippen LogP contribution in [0.5, 0.6) is 0 Å². The topological polar surface area (TPSA) is 48.7 Å². The molecule has 11 heavy (non-hydrogen) atoms. The minimum absolute atomic E-state index is 0.592. The van der Waals surface area contributed by atoms with E-state index in [4.69, 9.17) is 5.26 Å². The lowest BCUT2D eigenvalue weighted by molar-refractivity contribution is 1.15. The summed E-state index contributed by atoms with van der Waals surface area (Å²) in [5, 5.41) is 11.6. The number of nitriles is 1. The second-order valence-electron chi connectivity index (χ2n) is 2.04. The molecule has 0 aliphatic carbocycles. The fourth-order valence-electron chi connectivity index (χ4n) is 0.804. The third-order valence-corrected chi connectivity index (χ3v) is 1.27. The predicted octanol–water partition coefficient (Wildman–Crippen LogP) is 1.39. The molecule has 0 radical (unpaired) electrons. The van der Waals surface area contributed by atoms with Crippen LogP contribution in [-0.2, 0) is 0 Å². The zero-order valence-electron chi connectivity index (χ0n) is 6.33. The first-order valence-electron chi connectivity index (χ1n) is 3.47. The molecule has 1 rings (SSSR count). The number of aromatic nitrogens is 1. The lowest BCUT2D eigenvalue weighted by Crippen LogP contribution is -2.00. The molecule has 0 aromatic carbocycles. The number of hydrogen-bond acceptors (Lipinski definition) is 3. The van der Waals surface area contributed by atoms with Crippen molar-refractivity contribution < 1.29 is 0 Å². The molecule has 3 nitrogen and oxygen atoms in total. The molecular weight excluding hydrogens is 138 g/mol. The van der Waals surface area contributed by atoms with Gasteiger partial charge in [-0.15, -0.1) is 0 Å². The number of pyridine rings is 1. The SMILES string of the molecule is CCNc1ncccc1C#N. The van der Waals surface area contributed by atoms with E-state index >= 15 is 0 Å². The summed E-state index contributed by atoms with van der Waals surface area (Å²) in [4.78, 5) is 4.01. The average molecular weight is 147 g/mol. The van der Waals surface area contributed by atoms with Gasteiger partial charge in [-0.1, -0.05) is 0 Å². The Hall–Kier alpha value is -1.56. The maximum Gasteiger partial charge on any atom is 0.143 e. The van der Waals surface area contributed by atoms with Gasteiger partial charge in [-0.05, 0) is 19.1 Å². The summed E-state index contributed by atoms with van der Waals surface area (Å²) in [5.74, 6) is 0.664. The summed E-state index contributed by atoms with van der Waals surface area (Å²) in [6, 6.07) is 5.55. The lowest BCUT2D eigenvalue weighted by Gasteiger charge is -2.01. The first-order chi connectivity index (χ1) is 5.38. The van der Waals surface area contributed by atoms with Crippen LogP contribution < -0.4 is 5.32 Å². The van der Waals surface area contributed by atoms with Crippen LogP contribution in [0.3, 0.4) is 0 Å². The fraction of sp³-hybridized carbons (Fsp3) is 0.250. The second-order valence-corrected chi connectivity index (χ2v) is 2.04. The Balaban J connectivity index is 2.95. The van der Waals surface area contributed by atoms with E-state index in [0.717, 1.165) is 6.54 Å². The van der Waals surface area contributed by atoms with Gasteiger partial charge >= 0.3 is 0 Å². The molecule has 0 saturated carbocycles. The highest BCUT2D eigenvalue weighted by atomic mass is 15.0. The number of hydrogen-bond donors (Lipinski definition) is 1. The Morgan fingerprint density at radius 3 is 3.18 bits per heavy atom. The number of nitrogens with zero attached hydrogens (tertiary/aromatic N) is 2. The van der Waals surface area contributed by atoms with Crippen molar-refractivity contribution >= 4 is 5.82 Å². The third-order valence-electron chi connectivity index (χ3n) is 1.27. The van der Waals surface area contributed by atoms with Crippen LogP contribution in [0.15, 0.2) is 18.3 Å². The number of anilines is 1. The molecule has 1 aromatic heterocycles. The van der Waals surface area contributed by atoms with Gasteiger partial charge in [0.15, 0.2) is 0 Å². The molecule has 0 fully saturated rings. The van der Waals surface area contributed by atoms with Crippen molar-refractivity contribution in [1.29, 1.82) is 5.26 Å². The fourth-order valence-corrected chi connectivity index (χ4v) is 0.804. The van der Waals surface area contributed by atoms with Gasteiger partial charge < -0.3 is 5.32 Å². The molecule has 0 unspecified atom stereocenters. The molecule has 0 saturated heterocycles. The molecule has 1 N–H and O–H groups in total. The predicted molar refractivity (Wildman–Crippen MR) is 43.1 cm³/mol. The molecule has 1 heterocycles. The van der Waals surface area contributed by atoms with E-state index in [1.165, 1.54) is 0 Å². The average Bonchev–Trinajstić information content (AvgIpc) is 2.06. The van der Waals surface area contributed by atoms with Gasteiger partial charge in [0.05, 0.1) is 5.56 Å². The largest absolute Gasteiger partial charge is 0.369 e. The highest BCUT2D eigenvalue weighted by Gasteiger charge is 1.97. The molecule has 0 spiro atoms. The summed E-state index contributed by atoms with van der Waals surface area (Å²) in [7, 11) is 0. The molecule has 56 valence electrons. The van der Waals surface area contributed by atoms with Crippen LogP contribution in [0.25, 0.3) is 0 Å². The molecule has 0 amide bonds. The minimum Gasteiger partial charge on any atom is -0.369 e. The quantitative estimate of drug-likeness (QED) is 0.687. The van der Waals surface area contributed by atoms with E-state index < -0.39 is 0 Å². The first-order valence-corrected chi connectivity index (χ1v) is 3.47. The molecule has 3 heteroatoms.